The maximum absolute atomic E-state index is 14.3. The number of anilines is 2. The number of aromatic nitrogens is 2. The van der Waals surface area contributed by atoms with E-state index in [-0.39, 0.29) is 28.4 Å². The van der Waals surface area contributed by atoms with Gasteiger partial charge in [0.25, 0.3) is 11.8 Å². The first kappa shape index (κ1) is 18.9. The van der Waals surface area contributed by atoms with Crippen molar-refractivity contribution in [1.29, 1.82) is 0 Å². The van der Waals surface area contributed by atoms with Gasteiger partial charge in [-0.2, -0.15) is 5.10 Å². The summed E-state index contributed by atoms with van der Waals surface area (Å²) in [4.78, 5) is 23.4. The monoisotopic (exact) mass is 383 g/mol. The molecule has 28 heavy (non-hydrogen) atoms. The maximum atomic E-state index is 14.3. The molecular weight excluding hydrogens is 368 g/mol. The van der Waals surface area contributed by atoms with Gasteiger partial charge >= 0.3 is 0 Å². The molecule has 3 aromatic rings. The Kier molecular flexibility index (Phi) is 5.25. The highest BCUT2D eigenvalue weighted by atomic mass is 19.1. The fourth-order valence-electron chi connectivity index (χ4n) is 2.62. The largest absolute Gasteiger partial charge is 0.364 e. The Morgan fingerprint density at radius 2 is 1.68 bits per heavy atom. The van der Waals surface area contributed by atoms with Crippen molar-refractivity contribution < 1.29 is 18.4 Å². The Morgan fingerprint density at radius 3 is 2.25 bits per heavy atom. The molecule has 7 nitrogen and oxygen atoms in total. The van der Waals surface area contributed by atoms with Crippen LogP contribution in [0.1, 0.15) is 20.8 Å². The van der Waals surface area contributed by atoms with Crippen LogP contribution in [0.5, 0.6) is 0 Å². The summed E-state index contributed by atoms with van der Waals surface area (Å²) in [6.45, 7) is 0. The predicted octanol–water partition coefficient (Wildman–Crippen LogP) is 2.62. The summed E-state index contributed by atoms with van der Waals surface area (Å²) >= 11 is 0. The summed E-state index contributed by atoms with van der Waals surface area (Å²) in [7, 11) is 1.51. The summed E-state index contributed by atoms with van der Waals surface area (Å²) < 4.78 is 28.6. The fourth-order valence-corrected chi connectivity index (χ4v) is 2.62. The highest BCUT2D eigenvalue weighted by Crippen LogP contribution is 2.34. The Balaban J connectivity index is 2.11. The fraction of sp³-hybridized carbons (Fsp3) is 0.0526. The van der Waals surface area contributed by atoms with Gasteiger partial charge in [0, 0.05) is 23.9 Å². The molecule has 0 fully saturated rings. The lowest BCUT2D eigenvalue weighted by Crippen LogP contribution is -2.18. The molecular formula is C19H15F2N5O2. The van der Waals surface area contributed by atoms with E-state index >= 15 is 0 Å². The Hall–Kier alpha value is -3.88. The number of nitrogens with two attached hydrogens (primary N) is 1. The molecule has 0 aliphatic heterocycles. The third-order valence-corrected chi connectivity index (χ3v) is 3.96. The standard InChI is InChI=1S/C19H15F2N5O2/c1-23-19(28)10-5-7-11(8-6-10)25-16-12(9-24-26-17(16)18(22)27)15-13(20)3-2-4-14(15)21/h2-9H,1H3,(H2,22,27)(H,23,28)(H,24,25). The van der Waals surface area contributed by atoms with Gasteiger partial charge in [-0.3, -0.25) is 9.59 Å². The number of benzene rings is 2. The van der Waals surface area contributed by atoms with E-state index in [9.17, 15) is 18.4 Å². The molecule has 0 aliphatic rings. The third-order valence-electron chi connectivity index (χ3n) is 3.96. The van der Waals surface area contributed by atoms with Crippen LogP contribution in [0.2, 0.25) is 0 Å². The van der Waals surface area contributed by atoms with Crippen molar-refractivity contribution in [2.24, 2.45) is 5.73 Å². The number of amides is 2. The number of nitrogens with one attached hydrogen (secondary N) is 2. The van der Waals surface area contributed by atoms with Crippen LogP contribution in [0.3, 0.4) is 0 Å². The molecule has 1 aromatic heterocycles. The van der Waals surface area contributed by atoms with E-state index < -0.39 is 17.5 Å². The zero-order chi connectivity index (χ0) is 20.3. The summed E-state index contributed by atoms with van der Waals surface area (Å²) in [6.07, 6.45) is 1.13. The van der Waals surface area contributed by atoms with Crippen molar-refractivity contribution >= 4 is 23.2 Å². The van der Waals surface area contributed by atoms with Crippen molar-refractivity contribution in [3.8, 4) is 11.1 Å². The number of carbonyl (C=O) groups excluding carboxylic acids is 2. The van der Waals surface area contributed by atoms with Gasteiger partial charge in [0.15, 0.2) is 5.69 Å². The highest BCUT2D eigenvalue weighted by Gasteiger charge is 2.21. The number of carbonyl (C=O) groups is 2. The van der Waals surface area contributed by atoms with E-state index in [1.165, 1.54) is 13.1 Å². The minimum Gasteiger partial charge on any atom is -0.364 e. The van der Waals surface area contributed by atoms with Gasteiger partial charge in [0.05, 0.1) is 17.4 Å². The average molecular weight is 383 g/mol. The van der Waals surface area contributed by atoms with Gasteiger partial charge in [-0.05, 0) is 36.4 Å². The molecule has 0 saturated heterocycles. The van der Waals surface area contributed by atoms with Crippen LogP contribution in [0.15, 0.2) is 48.7 Å². The Labute approximate surface area is 158 Å². The highest BCUT2D eigenvalue weighted by molar-refractivity contribution is 6.01. The van der Waals surface area contributed by atoms with Crippen LogP contribution in [0, 0.1) is 11.6 Å². The zero-order valence-electron chi connectivity index (χ0n) is 14.7. The van der Waals surface area contributed by atoms with Gasteiger partial charge in [-0.25, -0.2) is 8.78 Å². The quantitative estimate of drug-likeness (QED) is 0.627. The first-order valence-corrected chi connectivity index (χ1v) is 8.11. The molecule has 0 saturated carbocycles. The van der Waals surface area contributed by atoms with E-state index in [2.05, 4.69) is 20.8 Å². The minimum atomic E-state index is -0.921. The molecule has 1 heterocycles. The van der Waals surface area contributed by atoms with Crippen LogP contribution < -0.4 is 16.4 Å². The molecule has 3 rings (SSSR count). The van der Waals surface area contributed by atoms with E-state index in [1.807, 2.05) is 0 Å². The molecule has 2 amide bonds. The molecule has 2 aromatic carbocycles. The summed E-state index contributed by atoms with van der Waals surface area (Å²) in [5, 5.41) is 12.7. The molecule has 0 radical (unpaired) electrons. The second-order valence-electron chi connectivity index (χ2n) is 5.72. The molecule has 0 bridgehead atoms. The molecule has 0 atom stereocenters. The minimum absolute atomic E-state index is 0.000747. The van der Waals surface area contributed by atoms with Crippen molar-refractivity contribution in [2.45, 2.75) is 0 Å². The lowest BCUT2D eigenvalue weighted by molar-refractivity contribution is 0.0961. The van der Waals surface area contributed by atoms with Crippen LogP contribution in [0.4, 0.5) is 20.2 Å². The second-order valence-corrected chi connectivity index (χ2v) is 5.72. The number of rotatable bonds is 5. The summed E-state index contributed by atoms with van der Waals surface area (Å²) in [5.74, 6) is -2.86. The normalized spacial score (nSPS) is 10.4. The first-order valence-electron chi connectivity index (χ1n) is 8.11. The second kappa shape index (κ2) is 7.78. The number of halogens is 2. The Bertz CT molecular complexity index is 1030. The summed E-state index contributed by atoms with van der Waals surface area (Å²) in [5.41, 5.74) is 5.54. The van der Waals surface area contributed by atoms with Crippen molar-refractivity contribution in [1.82, 2.24) is 15.5 Å². The van der Waals surface area contributed by atoms with Gasteiger partial charge in [0.1, 0.15) is 11.6 Å². The topological polar surface area (TPSA) is 110 Å². The molecule has 0 unspecified atom stereocenters. The van der Waals surface area contributed by atoms with Gasteiger partial charge < -0.3 is 16.4 Å². The maximum Gasteiger partial charge on any atom is 0.271 e. The van der Waals surface area contributed by atoms with Crippen molar-refractivity contribution in [2.75, 3.05) is 12.4 Å². The molecule has 0 aliphatic carbocycles. The van der Waals surface area contributed by atoms with Crippen LogP contribution in [-0.4, -0.2) is 29.1 Å². The van der Waals surface area contributed by atoms with Crippen LogP contribution in [-0.2, 0) is 0 Å². The van der Waals surface area contributed by atoms with Gasteiger partial charge in [0.2, 0.25) is 0 Å². The molecule has 4 N–H and O–H groups in total. The number of primary amides is 1. The SMILES string of the molecule is CNC(=O)c1ccc(Nc2c(-c3c(F)cccc3F)cnnc2C(N)=O)cc1. The third kappa shape index (κ3) is 3.63. The smallest absolute Gasteiger partial charge is 0.271 e. The van der Waals surface area contributed by atoms with E-state index in [0.29, 0.717) is 11.3 Å². The molecule has 0 spiro atoms. The Morgan fingerprint density at radius 1 is 1.04 bits per heavy atom. The van der Waals surface area contributed by atoms with Crippen LogP contribution >= 0.6 is 0 Å². The average Bonchev–Trinajstić information content (AvgIpc) is 2.68. The van der Waals surface area contributed by atoms with Crippen molar-refractivity contribution in [3.63, 3.8) is 0 Å². The lowest BCUT2D eigenvalue weighted by Gasteiger charge is -2.15. The number of hydrogen-bond acceptors (Lipinski definition) is 5. The molecule has 142 valence electrons. The van der Waals surface area contributed by atoms with Gasteiger partial charge in [-0.15, -0.1) is 5.10 Å². The number of nitrogens with zero attached hydrogens (tertiary/aromatic N) is 2. The number of hydrogen-bond donors (Lipinski definition) is 3. The molecule has 9 heteroatoms. The predicted molar refractivity (Wildman–Crippen MR) is 99.0 cm³/mol. The van der Waals surface area contributed by atoms with E-state index in [0.717, 1.165) is 18.3 Å². The van der Waals surface area contributed by atoms with E-state index in [4.69, 9.17) is 5.73 Å². The van der Waals surface area contributed by atoms with Crippen molar-refractivity contribution in [3.05, 3.63) is 71.6 Å². The van der Waals surface area contributed by atoms with Gasteiger partial charge in [-0.1, -0.05) is 6.07 Å². The van der Waals surface area contributed by atoms with Crippen LogP contribution in [0.25, 0.3) is 11.1 Å². The zero-order valence-corrected chi connectivity index (χ0v) is 14.7. The van der Waals surface area contributed by atoms with E-state index in [1.54, 1.807) is 24.3 Å². The first-order chi connectivity index (χ1) is 13.4. The lowest BCUT2D eigenvalue weighted by atomic mass is 10.0. The summed E-state index contributed by atoms with van der Waals surface area (Å²) in [6, 6.07) is 9.62.